The van der Waals surface area contributed by atoms with Gasteiger partial charge in [0.05, 0.1) is 7.11 Å². The zero-order valence-corrected chi connectivity index (χ0v) is 12.1. The Kier molecular flexibility index (Phi) is 3.30. The van der Waals surface area contributed by atoms with Crippen LogP contribution in [0.2, 0.25) is 0 Å². The Morgan fingerprint density at radius 2 is 2.30 bits per heavy atom. The lowest BCUT2D eigenvalue weighted by Gasteiger charge is -2.35. The second-order valence-electron chi connectivity index (χ2n) is 5.37. The van der Waals surface area contributed by atoms with E-state index in [-0.39, 0.29) is 18.6 Å². The summed E-state index contributed by atoms with van der Waals surface area (Å²) in [4.78, 5) is 13.8. The number of ether oxygens (including phenoxy) is 3. The van der Waals surface area contributed by atoms with Crippen LogP contribution < -0.4 is 14.2 Å². The number of hydrogen-bond acceptors (Lipinski definition) is 5. The van der Waals surface area contributed by atoms with Gasteiger partial charge in [0.2, 0.25) is 12.5 Å². The molecule has 1 atom stereocenters. The van der Waals surface area contributed by atoms with Crippen molar-refractivity contribution in [3.63, 3.8) is 0 Å². The summed E-state index contributed by atoms with van der Waals surface area (Å²) >= 11 is 0. The van der Waals surface area contributed by atoms with E-state index in [1.807, 2.05) is 13.1 Å². The van der Waals surface area contributed by atoms with Gasteiger partial charge >= 0.3 is 0 Å². The van der Waals surface area contributed by atoms with Crippen LogP contribution in [0.1, 0.15) is 30.5 Å². The van der Waals surface area contributed by atoms with Gasteiger partial charge in [-0.25, -0.2) is 0 Å². The van der Waals surface area contributed by atoms with Crippen molar-refractivity contribution in [1.29, 1.82) is 0 Å². The molecule has 5 heteroatoms. The van der Waals surface area contributed by atoms with Gasteiger partial charge in [0.15, 0.2) is 11.5 Å². The zero-order chi connectivity index (χ0) is 14.3. The molecule has 3 rings (SSSR count). The molecule has 108 valence electrons. The molecule has 2 heterocycles. The second-order valence-corrected chi connectivity index (χ2v) is 5.37. The van der Waals surface area contributed by atoms with E-state index in [4.69, 9.17) is 14.2 Å². The highest BCUT2D eigenvalue weighted by Gasteiger charge is 2.34. The third-order valence-electron chi connectivity index (χ3n) is 4.03. The van der Waals surface area contributed by atoms with Gasteiger partial charge in [0.25, 0.3) is 0 Å². The van der Waals surface area contributed by atoms with Crippen LogP contribution in [-0.4, -0.2) is 38.2 Å². The lowest BCUT2D eigenvalue weighted by Crippen LogP contribution is -2.33. The molecule has 2 aliphatic rings. The maximum atomic E-state index is 11.6. The van der Waals surface area contributed by atoms with Crippen LogP contribution in [0.3, 0.4) is 0 Å². The van der Waals surface area contributed by atoms with Crippen LogP contribution in [0, 0.1) is 0 Å². The van der Waals surface area contributed by atoms with E-state index in [1.165, 1.54) is 5.56 Å². The molecule has 0 amide bonds. The van der Waals surface area contributed by atoms with Gasteiger partial charge in [-0.2, -0.15) is 0 Å². The SMILES string of the molecule is COc1c2c(cc3c1C(CC(C)=O)N(C)CC3)OCO2. The highest BCUT2D eigenvalue weighted by Crippen LogP contribution is 2.49. The van der Waals surface area contributed by atoms with Gasteiger partial charge in [0.1, 0.15) is 5.78 Å². The van der Waals surface area contributed by atoms with Crippen molar-refractivity contribution < 1.29 is 19.0 Å². The third-order valence-corrected chi connectivity index (χ3v) is 4.03. The number of methoxy groups -OCH3 is 1. The average Bonchev–Trinajstić information content (AvgIpc) is 2.87. The van der Waals surface area contributed by atoms with E-state index in [0.29, 0.717) is 17.9 Å². The summed E-state index contributed by atoms with van der Waals surface area (Å²) in [5.74, 6) is 2.30. The first-order chi connectivity index (χ1) is 9.61. The van der Waals surface area contributed by atoms with E-state index < -0.39 is 0 Å². The van der Waals surface area contributed by atoms with Crippen molar-refractivity contribution in [3.05, 3.63) is 17.2 Å². The van der Waals surface area contributed by atoms with E-state index >= 15 is 0 Å². The number of hydrogen-bond donors (Lipinski definition) is 0. The molecule has 1 unspecified atom stereocenters. The topological polar surface area (TPSA) is 48.0 Å². The first kappa shape index (κ1) is 13.2. The number of carbonyl (C=O) groups excluding carboxylic acids is 1. The van der Waals surface area contributed by atoms with Crippen LogP contribution in [-0.2, 0) is 11.2 Å². The lowest BCUT2D eigenvalue weighted by molar-refractivity contribution is -0.118. The number of Topliss-reactive ketones (excluding diaryl/α,β-unsaturated/α-hetero) is 1. The maximum absolute atomic E-state index is 11.6. The standard InChI is InChI=1S/C15H19NO4/c1-9(17)6-11-13-10(4-5-16(11)2)7-12-14(15(13)18-3)20-8-19-12/h7,11H,4-6,8H2,1-3H3. The number of likely N-dealkylation sites (N-methyl/N-ethyl adjacent to an activating group) is 1. The third kappa shape index (κ3) is 2.02. The minimum absolute atomic E-state index is 0.0423. The van der Waals surface area contributed by atoms with Crippen LogP contribution in [0.15, 0.2) is 6.07 Å². The normalized spacial score (nSPS) is 20.6. The van der Waals surface area contributed by atoms with Crippen LogP contribution in [0.5, 0.6) is 17.2 Å². The number of benzene rings is 1. The predicted molar refractivity (Wildman–Crippen MR) is 73.5 cm³/mol. The molecule has 0 bridgehead atoms. The molecule has 5 nitrogen and oxygen atoms in total. The number of nitrogens with zero attached hydrogens (tertiary/aromatic N) is 1. The van der Waals surface area contributed by atoms with Gasteiger partial charge in [-0.15, -0.1) is 0 Å². The maximum Gasteiger partial charge on any atom is 0.231 e. The Labute approximate surface area is 118 Å². The number of rotatable bonds is 3. The van der Waals surface area contributed by atoms with Crippen LogP contribution in [0.4, 0.5) is 0 Å². The van der Waals surface area contributed by atoms with Crippen molar-refractivity contribution in [3.8, 4) is 17.2 Å². The lowest BCUT2D eigenvalue weighted by atomic mass is 9.88. The highest BCUT2D eigenvalue weighted by atomic mass is 16.7. The molecular formula is C15H19NO4. The van der Waals surface area contributed by atoms with E-state index in [9.17, 15) is 4.79 Å². The van der Waals surface area contributed by atoms with Crippen molar-refractivity contribution in [2.75, 3.05) is 27.5 Å². The summed E-state index contributed by atoms with van der Waals surface area (Å²) in [6, 6.07) is 2.07. The number of carbonyl (C=O) groups is 1. The smallest absolute Gasteiger partial charge is 0.231 e. The molecular weight excluding hydrogens is 258 g/mol. The van der Waals surface area contributed by atoms with E-state index in [1.54, 1.807) is 14.0 Å². The largest absolute Gasteiger partial charge is 0.492 e. The zero-order valence-electron chi connectivity index (χ0n) is 12.1. The second kappa shape index (κ2) is 4.98. The molecule has 0 radical (unpaired) electrons. The highest BCUT2D eigenvalue weighted by molar-refractivity contribution is 5.77. The van der Waals surface area contributed by atoms with Crippen molar-refractivity contribution >= 4 is 5.78 Å². The fourth-order valence-electron chi connectivity index (χ4n) is 3.06. The van der Waals surface area contributed by atoms with Gasteiger partial charge in [-0.05, 0) is 32.0 Å². The monoisotopic (exact) mass is 277 g/mol. The summed E-state index contributed by atoms with van der Waals surface area (Å²) in [7, 11) is 3.68. The quantitative estimate of drug-likeness (QED) is 0.845. The first-order valence-corrected chi connectivity index (χ1v) is 6.81. The fourth-order valence-corrected chi connectivity index (χ4v) is 3.06. The van der Waals surface area contributed by atoms with Crippen molar-refractivity contribution in [2.45, 2.75) is 25.8 Å². The minimum Gasteiger partial charge on any atom is -0.492 e. The van der Waals surface area contributed by atoms with Gasteiger partial charge in [-0.1, -0.05) is 0 Å². The van der Waals surface area contributed by atoms with E-state index in [2.05, 4.69) is 4.90 Å². The van der Waals surface area contributed by atoms with Crippen molar-refractivity contribution in [2.24, 2.45) is 0 Å². The first-order valence-electron chi connectivity index (χ1n) is 6.81. The molecule has 0 aliphatic carbocycles. The molecule has 0 N–H and O–H groups in total. The summed E-state index contributed by atoms with van der Waals surface area (Å²) in [6.07, 6.45) is 1.41. The molecule has 0 saturated heterocycles. The van der Waals surface area contributed by atoms with Crippen LogP contribution in [0.25, 0.3) is 0 Å². The molecule has 1 aromatic rings. The molecule has 0 aromatic heterocycles. The van der Waals surface area contributed by atoms with Gasteiger partial charge in [-0.3, -0.25) is 9.69 Å². The molecule has 20 heavy (non-hydrogen) atoms. The molecule has 1 aromatic carbocycles. The summed E-state index contributed by atoms with van der Waals surface area (Å²) in [5.41, 5.74) is 2.26. The summed E-state index contributed by atoms with van der Waals surface area (Å²) < 4.78 is 16.6. The molecule has 0 spiro atoms. The van der Waals surface area contributed by atoms with Crippen LogP contribution >= 0.6 is 0 Å². The average molecular weight is 277 g/mol. The van der Waals surface area contributed by atoms with E-state index in [0.717, 1.165) is 24.3 Å². The Morgan fingerprint density at radius 1 is 1.50 bits per heavy atom. The number of fused-ring (bicyclic) bond motifs is 2. The Hall–Kier alpha value is -1.75. The van der Waals surface area contributed by atoms with Gasteiger partial charge in [0, 0.05) is 24.6 Å². The summed E-state index contributed by atoms with van der Waals surface area (Å²) in [5, 5.41) is 0. The minimum atomic E-state index is 0.0423. The molecule has 2 aliphatic heterocycles. The fraction of sp³-hybridized carbons (Fsp3) is 0.533. The Balaban J connectivity index is 2.14. The summed E-state index contributed by atoms with van der Waals surface area (Å²) in [6.45, 7) is 2.77. The van der Waals surface area contributed by atoms with Gasteiger partial charge < -0.3 is 14.2 Å². The number of ketones is 1. The van der Waals surface area contributed by atoms with Crippen molar-refractivity contribution in [1.82, 2.24) is 4.90 Å². The molecule has 0 saturated carbocycles. The molecule has 0 fully saturated rings. The Bertz CT molecular complexity index is 555. The Morgan fingerprint density at radius 3 is 3.00 bits per heavy atom. The predicted octanol–water partition coefficient (Wildman–Crippen LogP) is 1.93.